The van der Waals surface area contributed by atoms with Gasteiger partial charge >= 0.3 is 0 Å². The zero-order chi connectivity index (χ0) is 4.99. The van der Waals surface area contributed by atoms with Crippen LogP contribution in [0.4, 0.5) is 0 Å². The van der Waals surface area contributed by atoms with Gasteiger partial charge in [-0.1, -0.05) is 0 Å². The number of hydrogen-bond donors (Lipinski definition) is 0. The zero-order valence-electron chi connectivity index (χ0n) is 3.23. The minimum atomic E-state index is -0.707. The fourth-order valence-corrected chi connectivity index (χ4v) is 1.38. The Morgan fingerprint density at radius 3 is 1.67 bits per heavy atom. The van der Waals surface area contributed by atoms with Gasteiger partial charge in [0.15, 0.2) is 0 Å². The molecule has 0 saturated heterocycles. The van der Waals surface area contributed by atoms with Crippen molar-refractivity contribution in [3.63, 3.8) is 0 Å². The van der Waals surface area contributed by atoms with Gasteiger partial charge in [0.05, 0.1) is 0 Å². The van der Waals surface area contributed by atoms with Crippen LogP contribution in [-0.2, 0) is 10.8 Å². The molecular formula is C2H4OSSi2. The lowest BCUT2D eigenvalue weighted by Gasteiger charge is -1.83. The second kappa shape index (κ2) is 3.76. The maximum atomic E-state index is 10.2. The van der Waals surface area contributed by atoms with Gasteiger partial charge in [-0.15, -0.1) is 0 Å². The van der Waals surface area contributed by atoms with Crippen molar-refractivity contribution in [2.24, 2.45) is 0 Å². The zero-order valence-corrected chi connectivity index (χ0v) is 6.05. The van der Waals surface area contributed by atoms with Gasteiger partial charge < -0.3 is 0 Å². The van der Waals surface area contributed by atoms with E-state index in [1.807, 2.05) is 0 Å². The lowest BCUT2D eigenvalue weighted by atomic mass is 11.9. The molecular weight excluding hydrogens is 128 g/mol. The highest BCUT2D eigenvalue weighted by Crippen LogP contribution is 1.68. The van der Waals surface area contributed by atoms with Crippen LogP contribution in [0.3, 0.4) is 0 Å². The normalized spacial score (nSPS) is 9.83. The lowest BCUT2D eigenvalue weighted by molar-refractivity contribution is 0.688. The first kappa shape index (κ1) is 6.58. The monoisotopic (exact) mass is 132 g/mol. The van der Waals surface area contributed by atoms with Gasteiger partial charge in [-0.05, 0) is 0 Å². The summed E-state index contributed by atoms with van der Waals surface area (Å²) in [7, 11) is 5.47. The molecule has 0 fully saturated rings. The highest BCUT2D eigenvalue weighted by atomic mass is 32.2. The van der Waals surface area contributed by atoms with Crippen LogP contribution < -0.4 is 0 Å². The number of hydrogen-bond acceptors (Lipinski definition) is 1. The Morgan fingerprint density at radius 2 is 1.67 bits per heavy atom. The topological polar surface area (TPSA) is 17.1 Å². The summed E-state index contributed by atoms with van der Waals surface area (Å²) in [6, 6.07) is 0. The maximum absolute atomic E-state index is 10.2. The van der Waals surface area contributed by atoms with Gasteiger partial charge in [-0.2, -0.15) is 0 Å². The third kappa shape index (κ3) is 2.80. The molecule has 0 aliphatic heterocycles. The second-order valence-electron chi connectivity index (χ2n) is 0.729. The van der Waals surface area contributed by atoms with E-state index in [4.69, 9.17) is 0 Å². The lowest BCUT2D eigenvalue weighted by Crippen LogP contribution is -2.00. The van der Waals surface area contributed by atoms with Crippen LogP contribution in [0.15, 0.2) is 0 Å². The molecule has 0 atom stereocenters. The Labute approximate surface area is 46.8 Å². The molecule has 6 heavy (non-hydrogen) atoms. The third-order valence-electron chi connectivity index (χ3n) is 0.322. The molecule has 0 bridgehead atoms. The van der Waals surface area contributed by atoms with E-state index in [9.17, 15) is 4.21 Å². The first-order valence-corrected chi connectivity index (χ1v) is 4.35. The highest BCUT2D eigenvalue weighted by molar-refractivity contribution is 7.87. The van der Waals surface area contributed by atoms with E-state index in [0.717, 1.165) is 0 Å². The van der Waals surface area contributed by atoms with Crippen LogP contribution in [0.2, 0.25) is 0 Å². The van der Waals surface area contributed by atoms with E-state index in [0.29, 0.717) is 10.8 Å². The van der Waals surface area contributed by atoms with Crippen molar-refractivity contribution >= 4 is 31.3 Å². The van der Waals surface area contributed by atoms with Crippen molar-refractivity contribution in [3.05, 3.63) is 0 Å². The Bertz CT molecular complexity index is 49.5. The molecule has 0 aliphatic carbocycles. The quantitative estimate of drug-likeness (QED) is 0.440. The molecule has 0 aromatic carbocycles. The van der Waals surface area contributed by atoms with E-state index in [2.05, 4.69) is 20.5 Å². The first-order chi connectivity index (χ1) is 2.81. The summed E-state index contributed by atoms with van der Waals surface area (Å²) < 4.78 is 10.2. The van der Waals surface area contributed by atoms with Crippen LogP contribution in [-0.4, -0.2) is 35.4 Å². The van der Waals surface area contributed by atoms with E-state index < -0.39 is 10.8 Å². The molecule has 0 saturated carbocycles. The molecule has 0 aromatic rings. The largest absolute Gasteiger partial charge is 0.260 e. The van der Waals surface area contributed by atoms with Crippen LogP contribution in [0.5, 0.6) is 0 Å². The van der Waals surface area contributed by atoms with Crippen LogP contribution >= 0.6 is 0 Å². The molecule has 1 nitrogen and oxygen atoms in total. The van der Waals surface area contributed by atoms with E-state index in [1.165, 1.54) is 0 Å². The Morgan fingerprint density at radius 1 is 1.33 bits per heavy atom. The summed E-state index contributed by atoms with van der Waals surface area (Å²) in [6.45, 7) is 0. The van der Waals surface area contributed by atoms with Gasteiger partial charge in [-0.25, -0.2) is 0 Å². The van der Waals surface area contributed by atoms with Gasteiger partial charge in [0.25, 0.3) is 0 Å². The van der Waals surface area contributed by atoms with E-state index >= 15 is 0 Å². The van der Waals surface area contributed by atoms with Gasteiger partial charge in [-0.3, -0.25) is 4.21 Å². The Kier molecular flexibility index (Phi) is 4.13. The number of rotatable bonds is 2. The van der Waals surface area contributed by atoms with E-state index in [-0.39, 0.29) is 0 Å². The summed E-state index contributed by atoms with van der Waals surface area (Å²) >= 11 is 0. The van der Waals surface area contributed by atoms with Gasteiger partial charge in [0, 0.05) is 42.0 Å². The van der Waals surface area contributed by atoms with Crippen molar-refractivity contribution in [3.8, 4) is 0 Å². The summed E-state index contributed by atoms with van der Waals surface area (Å²) in [4.78, 5) is 0. The van der Waals surface area contributed by atoms with Crippen molar-refractivity contribution in [2.75, 3.05) is 10.8 Å². The second-order valence-corrected chi connectivity index (χ2v) is 3.92. The molecule has 0 N–H and O–H groups in total. The molecule has 0 rings (SSSR count). The smallest absolute Gasteiger partial charge is 0.0402 e. The molecule has 4 heteroatoms. The third-order valence-corrected chi connectivity index (χ3v) is 2.90. The fourth-order valence-electron chi connectivity index (χ4n) is 0.0510. The molecule has 0 unspecified atom stereocenters. The standard InChI is InChI=1S/C2H4OSSi2/c3-4(1-5)2-6/h1-2H2. The first-order valence-electron chi connectivity index (χ1n) is 1.45. The molecule has 0 amide bonds. The molecule has 0 heterocycles. The summed E-state index contributed by atoms with van der Waals surface area (Å²) in [6.07, 6.45) is 0. The van der Waals surface area contributed by atoms with Crippen molar-refractivity contribution < 1.29 is 4.21 Å². The predicted molar refractivity (Wildman–Crippen MR) is 29.4 cm³/mol. The molecule has 0 spiro atoms. The molecule has 6 radical (unpaired) electrons. The minimum Gasteiger partial charge on any atom is -0.260 e. The highest BCUT2D eigenvalue weighted by Gasteiger charge is 1.84. The van der Waals surface area contributed by atoms with Crippen LogP contribution in [0.25, 0.3) is 0 Å². The van der Waals surface area contributed by atoms with Crippen molar-refractivity contribution in [1.29, 1.82) is 0 Å². The van der Waals surface area contributed by atoms with E-state index in [1.54, 1.807) is 0 Å². The van der Waals surface area contributed by atoms with Crippen LogP contribution in [0, 0.1) is 0 Å². The van der Waals surface area contributed by atoms with Gasteiger partial charge in [0.2, 0.25) is 0 Å². The average molecular weight is 132 g/mol. The minimum absolute atomic E-state index is 0.559. The maximum Gasteiger partial charge on any atom is 0.0402 e. The molecule has 32 valence electrons. The molecule has 0 aromatic heterocycles. The fraction of sp³-hybridized carbons (Fsp3) is 1.00. The molecule has 0 aliphatic rings. The van der Waals surface area contributed by atoms with Crippen molar-refractivity contribution in [1.82, 2.24) is 0 Å². The SMILES string of the molecule is O=S(C[Si])C[Si]. The van der Waals surface area contributed by atoms with Gasteiger partial charge in [0.1, 0.15) is 0 Å². The average Bonchev–Trinajstić information content (AvgIpc) is 1.65. The Hall–Kier alpha value is 0.584. The Balaban J connectivity index is 2.99. The summed E-state index contributed by atoms with van der Waals surface area (Å²) in [5.74, 6) is 0. The summed E-state index contributed by atoms with van der Waals surface area (Å²) in [5, 5.41) is 1.12. The predicted octanol–water partition coefficient (Wildman–Crippen LogP) is -1.01. The summed E-state index contributed by atoms with van der Waals surface area (Å²) in [5.41, 5.74) is 0. The van der Waals surface area contributed by atoms with Crippen molar-refractivity contribution in [2.45, 2.75) is 0 Å². The van der Waals surface area contributed by atoms with Crippen LogP contribution in [0.1, 0.15) is 0 Å².